The minimum atomic E-state index is 0.330. The van der Waals surface area contributed by atoms with Gasteiger partial charge in [0.25, 0.3) is 0 Å². The lowest BCUT2D eigenvalue weighted by Crippen LogP contribution is -2.19. The van der Waals surface area contributed by atoms with Crippen LogP contribution >= 0.6 is 0 Å². The van der Waals surface area contributed by atoms with E-state index in [0.29, 0.717) is 12.2 Å². The molecule has 4 N–H and O–H groups in total. The molecule has 0 fully saturated rings. The minimum Gasteiger partial charge on any atom is -0.376 e. The summed E-state index contributed by atoms with van der Waals surface area (Å²) in [5, 5.41) is 0. The number of hydrogen-bond acceptors (Lipinski definition) is 3. The molecule has 3 nitrogen and oxygen atoms in total. The van der Waals surface area contributed by atoms with E-state index in [0.717, 1.165) is 38.8 Å². The summed E-state index contributed by atoms with van der Waals surface area (Å²) in [6.45, 7) is 5.72. The van der Waals surface area contributed by atoms with E-state index in [1.165, 1.54) is 0 Å². The van der Waals surface area contributed by atoms with Gasteiger partial charge in [0.15, 0.2) is 0 Å². The first-order valence-corrected chi connectivity index (χ1v) is 5.26. The van der Waals surface area contributed by atoms with Crippen molar-refractivity contribution in [3.05, 3.63) is 0 Å². The molecule has 0 aliphatic rings. The van der Waals surface area contributed by atoms with E-state index in [1.807, 2.05) is 0 Å². The van der Waals surface area contributed by atoms with Gasteiger partial charge < -0.3 is 16.2 Å². The molecule has 0 aromatic carbocycles. The van der Waals surface area contributed by atoms with Crippen LogP contribution < -0.4 is 11.5 Å². The molecule has 13 heavy (non-hydrogen) atoms. The average Bonchev–Trinajstić information content (AvgIpc) is 2.11. The zero-order valence-corrected chi connectivity index (χ0v) is 8.96. The molecule has 0 spiro atoms. The van der Waals surface area contributed by atoms with Crippen LogP contribution in [0.3, 0.4) is 0 Å². The van der Waals surface area contributed by atoms with Gasteiger partial charge in [-0.05, 0) is 52.6 Å². The number of hydrogen-bond donors (Lipinski definition) is 2. The lowest BCUT2D eigenvalue weighted by molar-refractivity contribution is -0.00110. The Labute approximate surface area is 81.8 Å². The van der Waals surface area contributed by atoms with Crippen LogP contribution in [0.4, 0.5) is 0 Å². The topological polar surface area (TPSA) is 61.3 Å². The van der Waals surface area contributed by atoms with Crippen LogP contribution in [0.5, 0.6) is 0 Å². The molecule has 3 heteroatoms. The molecule has 2 atom stereocenters. The van der Waals surface area contributed by atoms with Crippen LogP contribution in [0.25, 0.3) is 0 Å². The van der Waals surface area contributed by atoms with Crippen molar-refractivity contribution in [2.24, 2.45) is 11.5 Å². The number of nitrogens with two attached hydrogens (primary N) is 2. The zero-order chi connectivity index (χ0) is 10.1. The third-order valence-electron chi connectivity index (χ3n) is 2.09. The van der Waals surface area contributed by atoms with Gasteiger partial charge in [-0.1, -0.05) is 0 Å². The van der Waals surface area contributed by atoms with Gasteiger partial charge >= 0.3 is 0 Å². The van der Waals surface area contributed by atoms with E-state index in [9.17, 15) is 0 Å². The summed E-state index contributed by atoms with van der Waals surface area (Å²) < 4.78 is 5.74. The van der Waals surface area contributed by atoms with Gasteiger partial charge in [0.05, 0.1) is 12.2 Å². The van der Waals surface area contributed by atoms with Crippen molar-refractivity contribution in [2.75, 3.05) is 13.1 Å². The molecule has 0 amide bonds. The first kappa shape index (κ1) is 12.9. The maximum absolute atomic E-state index is 5.74. The first-order valence-electron chi connectivity index (χ1n) is 5.26. The summed E-state index contributed by atoms with van der Waals surface area (Å²) in [7, 11) is 0. The molecule has 0 aromatic rings. The Morgan fingerprint density at radius 3 is 1.62 bits per heavy atom. The Hall–Kier alpha value is -0.120. The SMILES string of the molecule is CC(CCCN)OC(C)CCCN. The second-order valence-electron chi connectivity index (χ2n) is 3.62. The van der Waals surface area contributed by atoms with Crippen LogP contribution in [0.15, 0.2) is 0 Å². The standard InChI is InChI=1S/C10H24N2O/c1-9(5-3-7-11)13-10(2)6-4-8-12/h9-10H,3-8,11-12H2,1-2H3. The molecular formula is C10H24N2O. The highest BCUT2D eigenvalue weighted by Crippen LogP contribution is 2.08. The van der Waals surface area contributed by atoms with Crippen molar-refractivity contribution in [3.8, 4) is 0 Å². The zero-order valence-electron chi connectivity index (χ0n) is 8.96. The lowest BCUT2D eigenvalue weighted by Gasteiger charge is -2.18. The summed E-state index contributed by atoms with van der Waals surface area (Å²) in [4.78, 5) is 0. The number of ether oxygens (including phenoxy) is 1. The molecule has 0 aromatic heterocycles. The van der Waals surface area contributed by atoms with Crippen molar-refractivity contribution < 1.29 is 4.74 Å². The van der Waals surface area contributed by atoms with E-state index in [1.54, 1.807) is 0 Å². The van der Waals surface area contributed by atoms with Gasteiger partial charge in [0.1, 0.15) is 0 Å². The van der Waals surface area contributed by atoms with Gasteiger partial charge in [0.2, 0.25) is 0 Å². The van der Waals surface area contributed by atoms with Gasteiger partial charge in [-0.2, -0.15) is 0 Å². The Morgan fingerprint density at radius 1 is 0.923 bits per heavy atom. The summed E-state index contributed by atoms with van der Waals surface area (Å²) in [6.07, 6.45) is 4.87. The van der Waals surface area contributed by atoms with Crippen molar-refractivity contribution in [1.82, 2.24) is 0 Å². The molecule has 0 aliphatic heterocycles. The van der Waals surface area contributed by atoms with E-state index < -0.39 is 0 Å². The highest BCUT2D eigenvalue weighted by Gasteiger charge is 2.07. The van der Waals surface area contributed by atoms with Gasteiger partial charge in [0, 0.05) is 0 Å². The maximum Gasteiger partial charge on any atom is 0.0551 e. The fraction of sp³-hybridized carbons (Fsp3) is 1.00. The maximum atomic E-state index is 5.74. The Bertz CT molecular complexity index is 97.1. The second kappa shape index (κ2) is 8.48. The van der Waals surface area contributed by atoms with Gasteiger partial charge in [-0.15, -0.1) is 0 Å². The van der Waals surface area contributed by atoms with Crippen molar-refractivity contribution >= 4 is 0 Å². The summed E-state index contributed by atoms with van der Waals surface area (Å²) in [6, 6.07) is 0. The third-order valence-corrected chi connectivity index (χ3v) is 2.09. The Kier molecular flexibility index (Phi) is 8.40. The molecule has 0 rings (SSSR count). The Morgan fingerprint density at radius 2 is 1.31 bits per heavy atom. The summed E-state index contributed by atoms with van der Waals surface area (Å²) in [5.74, 6) is 0. The molecule has 0 saturated heterocycles. The fourth-order valence-corrected chi connectivity index (χ4v) is 1.34. The predicted molar refractivity (Wildman–Crippen MR) is 56.6 cm³/mol. The quantitative estimate of drug-likeness (QED) is 0.603. The average molecular weight is 188 g/mol. The second-order valence-corrected chi connectivity index (χ2v) is 3.62. The Balaban J connectivity index is 3.35. The molecule has 0 saturated carbocycles. The first-order chi connectivity index (χ1) is 6.20. The van der Waals surface area contributed by atoms with E-state index >= 15 is 0 Å². The fourth-order valence-electron chi connectivity index (χ4n) is 1.34. The normalized spacial score (nSPS) is 15.7. The van der Waals surface area contributed by atoms with Gasteiger partial charge in [-0.3, -0.25) is 0 Å². The molecule has 0 aliphatic carbocycles. The summed E-state index contributed by atoms with van der Waals surface area (Å²) in [5.41, 5.74) is 10.8. The molecular weight excluding hydrogens is 164 g/mol. The van der Waals surface area contributed by atoms with Crippen LogP contribution in [0.1, 0.15) is 39.5 Å². The molecule has 80 valence electrons. The molecule has 0 radical (unpaired) electrons. The van der Waals surface area contributed by atoms with E-state index in [2.05, 4.69) is 13.8 Å². The van der Waals surface area contributed by atoms with Crippen molar-refractivity contribution in [2.45, 2.75) is 51.7 Å². The molecule has 2 unspecified atom stereocenters. The summed E-state index contributed by atoms with van der Waals surface area (Å²) >= 11 is 0. The van der Waals surface area contributed by atoms with Crippen LogP contribution in [0, 0.1) is 0 Å². The highest BCUT2D eigenvalue weighted by molar-refractivity contribution is 4.57. The largest absolute Gasteiger partial charge is 0.376 e. The monoisotopic (exact) mass is 188 g/mol. The van der Waals surface area contributed by atoms with Crippen molar-refractivity contribution in [1.29, 1.82) is 0 Å². The smallest absolute Gasteiger partial charge is 0.0551 e. The molecule has 0 bridgehead atoms. The lowest BCUT2D eigenvalue weighted by atomic mass is 10.2. The van der Waals surface area contributed by atoms with Crippen molar-refractivity contribution in [3.63, 3.8) is 0 Å². The van der Waals surface area contributed by atoms with Crippen LogP contribution in [-0.4, -0.2) is 25.3 Å². The number of rotatable bonds is 8. The van der Waals surface area contributed by atoms with E-state index in [-0.39, 0.29) is 0 Å². The van der Waals surface area contributed by atoms with Crippen LogP contribution in [0.2, 0.25) is 0 Å². The highest BCUT2D eigenvalue weighted by atomic mass is 16.5. The minimum absolute atomic E-state index is 0.330. The van der Waals surface area contributed by atoms with E-state index in [4.69, 9.17) is 16.2 Å². The van der Waals surface area contributed by atoms with Crippen LogP contribution in [-0.2, 0) is 4.74 Å². The predicted octanol–water partition coefficient (Wildman–Crippen LogP) is 1.26. The molecule has 0 heterocycles. The van der Waals surface area contributed by atoms with Gasteiger partial charge in [-0.25, -0.2) is 0 Å². The third kappa shape index (κ3) is 8.22.